The molecule has 1 aromatic heterocycles. The maximum Gasteiger partial charge on any atom is 0.191 e. The highest BCUT2D eigenvalue weighted by Crippen LogP contribution is 2.26. The molecule has 0 saturated heterocycles. The van der Waals surface area contributed by atoms with E-state index in [1.165, 1.54) is 44.9 Å². The summed E-state index contributed by atoms with van der Waals surface area (Å²) in [4.78, 5) is 8.55. The monoisotopic (exact) mass is 416 g/mol. The molecule has 1 saturated carbocycles. The quantitative estimate of drug-likeness (QED) is 0.322. The normalized spacial score (nSPS) is 16.0. The van der Waals surface area contributed by atoms with Gasteiger partial charge in [-0.05, 0) is 30.9 Å². The summed E-state index contributed by atoms with van der Waals surface area (Å²) in [5, 5.41) is 6.69. The largest absolute Gasteiger partial charge is 0.356 e. The van der Waals surface area contributed by atoms with E-state index in [0.29, 0.717) is 6.54 Å². The van der Waals surface area contributed by atoms with Crippen LogP contribution >= 0.6 is 24.0 Å². The van der Waals surface area contributed by atoms with Crippen molar-refractivity contribution >= 4 is 29.9 Å². The molecule has 4 nitrogen and oxygen atoms in total. The van der Waals surface area contributed by atoms with Gasteiger partial charge in [-0.25, -0.2) is 0 Å². The van der Waals surface area contributed by atoms with Crippen LogP contribution in [0, 0.1) is 5.92 Å². The first kappa shape index (κ1) is 19.2. The Morgan fingerprint density at radius 2 is 2.05 bits per heavy atom. The molecule has 0 unspecified atom stereocenters. The van der Waals surface area contributed by atoms with Crippen LogP contribution in [-0.2, 0) is 6.54 Å². The first-order chi connectivity index (χ1) is 10.4. The molecular weight excluding hydrogens is 387 g/mol. The van der Waals surface area contributed by atoms with Gasteiger partial charge >= 0.3 is 0 Å². The van der Waals surface area contributed by atoms with Crippen LogP contribution in [-0.4, -0.2) is 24.5 Å². The van der Waals surface area contributed by atoms with E-state index in [-0.39, 0.29) is 24.0 Å². The van der Waals surface area contributed by atoms with Crippen molar-refractivity contribution in [3.63, 3.8) is 0 Å². The fraction of sp³-hybridized carbons (Fsp3) is 0.647. The van der Waals surface area contributed by atoms with Crippen LogP contribution in [0.1, 0.15) is 50.6 Å². The Bertz CT molecular complexity index is 416. The Hall–Kier alpha value is -0.850. The predicted octanol–water partition coefficient (Wildman–Crippen LogP) is 3.73. The number of halogens is 1. The lowest BCUT2D eigenvalue weighted by molar-refractivity contribution is 0.332. The van der Waals surface area contributed by atoms with E-state index >= 15 is 0 Å². The van der Waals surface area contributed by atoms with Gasteiger partial charge in [0.15, 0.2) is 5.96 Å². The summed E-state index contributed by atoms with van der Waals surface area (Å²) in [5.74, 6) is 1.83. The summed E-state index contributed by atoms with van der Waals surface area (Å²) in [5.41, 5.74) is 1.03. The number of aromatic nitrogens is 1. The molecule has 1 fully saturated rings. The van der Waals surface area contributed by atoms with Gasteiger partial charge in [-0.2, -0.15) is 0 Å². The first-order valence-corrected chi connectivity index (χ1v) is 8.23. The van der Waals surface area contributed by atoms with Gasteiger partial charge in [-0.1, -0.05) is 38.2 Å². The Balaban J connectivity index is 0.00000242. The number of aliphatic imine (C=N–C) groups is 1. The van der Waals surface area contributed by atoms with E-state index in [9.17, 15) is 0 Å². The summed E-state index contributed by atoms with van der Waals surface area (Å²) < 4.78 is 0. The van der Waals surface area contributed by atoms with Crippen LogP contribution in [0.4, 0.5) is 0 Å². The predicted molar refractivity (Wildman–Crippen MR) is 104 cm³/mol. The highest BCUT2D eigenvalue weighted by Gasteiger charge is 2.12. The van der Waals surface area contributed by atoms with Crippen LogP contribution in [0.3, 0.4) is 0 Å². The molecule has 2 rings (SSSR count). The van der Waals surface area contributed by atoms with Crippen LogP contribution in [0.25, 0.3) is 0 Å². The van der Waals surface area contributed by atoms with Gasteiger partial charge in [-0.3, -0.25) is 9.98 Å². The van der Waals surface area contributed by atoms with Gasteiger partial charge in [-0.15, -0.1) is 24.0 Å². The zero-order chi connectivity index (χ0) is 14.8. The van der Waals surface area contributed by atoms with Gasteiger partial charge < -0.3 is 10.6 Å². The molecule has 2 N–H and O–H groups in total. The number of nitrogens with zero attached hydrogens (tertiary/aromatic N) is 2. The Kier molecular flexibility index (Phi) is 10.2. The summed E-state index contributed by atoms with van der Waals surface area (Å²) in [6.45, 7) is 1.71. The molecule has 1 aliphatic rings. The minimum Gasteiger partial charge on any atom is -0.356 e. The molecule has 1 aliphatic carbocycles. The lowest BCUT2D eigenvalue weighted by Crippen LogP contribution is -2.37. The first-order valence-electron chi connectivity index (χ1n) is 8.23. The highest BCUT2D eigenvalue weighted by atomic mass is 127. The minimum atomic E-state index is 0. The van der Waals surface area contributed by atoms with Gasteiger partial charge in [0.1, 0.15) is 0 Å². The number of hydrogen-bond acceptors (Lipinski definition) is 2. The van der Waals surface area contributed by atoms with Crippen molar-refractivity contribution in [1.29, 1.82) is 0 Å². The molecular formula is C17H29IN4. The van der Waals surface area contributed by atoms with E-state index in [0.717, 1.165) is 24.1 Å². The van der Waals surface area contributed by atoms with Crippen molar-refractivity contribution in [2.45, 2.75) is 51.5 Å². The number of rotatable bonds is 6. The second kappa shape index (κ2) is 11.7. The minimum absolute atomic E-state index is 0. The van der Waals surface area contributed by atoms with E-state index < -0.39 is 0 Å². The third-order valence-electron chi connectivity index (χ3n) is 4.19. The molecule has 1 heterocycles. The lowest BCUT2D eigenvalue weighted by Gasteiger charge is -2.21. The number of pyridine rings is 1. The zero-order valence-electron chi connectivity index (χ0n) is 13.6. The van der Waals surface area contributed by atoms with Crippen molar-refractivity contribution in [3.8, 4) is 0 Å². The maximum absolute atomic E-state index is 4.30. The molecule has 22 heavy (non-hydrogen) atoms. The summed E-state index contributed by atoms with van der Waals surface area (Å²) in [7, 11) is 1.81. The van der Waals surface area contributed by atoms with Gasteiger partial charge in [0.25, 0.3) is 0 Å². The maximum atomic E-state index is 4.30. The topological polar surface area (TPSA) is 49.3 Å². The van der Waals surface area contributed by atoms with E-state index in [1.54, 1.807) is 0 Å². The molecule has 0 aromatic carbocycles. The Morgan fingerprint density at radius 3 is 2.73 bits per heavy atom. The fourth-order valence-electron chi connectivity index (χ4n) is 2.97. The van der Waals surface area contributed by atoms with E-state index in [1.807, 2.05) is 31.4 Å². The van der Waals surface area contributed by atoms with Crippen LogP contribution < -0.4 is 10.6 Å². The molecule has 1 aromatic rings. The lowest BCUT2D eigenvalue weighted by atomic mass is 9.86. The van der Waals surface area contributed by atoms with Crippen molar-refractivity contribution in [3.05, 3.63) is 30.1 Å². The van der Waals surface area contributed by atoms with Crippen molar-refractivity contribution in [2.24, 2.45) is 10.9 Å². The Morgan fingerprint density at radius 1 is 1.23 bits per heavy atom. The Labute approximate surface area is 151 Å². The van der Waals surface area contributed by atoms with Gasteiger partial charge in [0.05, 0.1) is 12.2 Å². The zero-order valence-corrected chi connectivity index (χ0v) is 15.9. The smallest absolute Gasteiger partial charge is 0.191 e. The van der Waals surface area contributed by atoms with Crippen LogP contribution in [0.5, 0.6) is 0 Å². The standard InChI is InChI=1S/C17H28N4.HI/c1-18-17(21-14-16-11-5-6-12-19-16)20-13-7-10-15-8-3-2-4-9-15;/h5-6,11-12,15H,2-4,7-10,13-14H2,1H3,(H2,18,20,21);1H. The van der Waals surface area contributed by atoms with Gasteiger partial charge in [0, 0.05) is 19.8 Å². The number of nitrogens with one attached hydrogen (secondary N) is 2. The second-order valence-corrected chi connectivity index (χ2v) is 5.82. The molecule has 5 heteroatoms. The van der Waals surface area contributed by atoms with E-state index in [2.05, 4.69) is 20.6 Å². The molecule has 124 valence electrons. The summed E-state index contributed by atoms with van der Waals surface area (Å²) in [6.07, 6.45) is 11.6. The second-order valence-electron chi connectivity index (χ2n) is 5.82. The number of hydrogen-bond donors (Lipinski definition) is 2. The molecule has 0 amide bonds. The van der Waals surface area contributed by atoms with Crippen LogP contribution in [0.2, 0.25) is 0 Å². The third-order valence-corrected chi connectivity index (χ3v) is 4.19. The molecule has 0 aliphatic heterocycles. The van der Waals surface area contributed by atoms with Crippen molar-refractivity contribution < 1.29 is 0 Å². The molecule has 0 radical (unpaired) electrons. The summed E-state index contributed by atoms with van der Waals surface area (Å²) in [6, 6.07) is 5.95. The molecule has 0 bridgehead atoms. The SMILES string of the molecule is CN=C(NCCCC1CCCCC1)NCc1ccccn1.I. The van der Waals surface area contributed by atoms with E-state index in [4.69, 9.17) is 0 Å². The fourth-order valence-corrected chi connectivity index (χ4v) is 2.97. The van der Waals surface area contributed by atoms with Crippen LogP contribution in [0.15, 0.2) is 29.4 Å². The number of guanidine groups is 1. The molecule has 0 atom stereocenters. The summed E-state index contributed by atoms with van der Waals surface area (Å²) >= 11 is 0. The average molecular weight is 416 g/mol. The van der Waals surface area contributed by atoms with Gasteiger partial charge in [0.2, 0.25) is 0 Å². The molecule has 0 spiro atoms. The van der Waals surface area contributed by atoms with Crippen molar-refractivity contribution in [1.82, 2.24) is 15.6 Å². The third kappa shape index (κ3) is 7.42. The highest BCUT2D eigenvalue weighted by molar-refractivity contribution is 14.0. The average Bonchev–Trinajstić information content (AvgIpc) is 2.56. The van der Waals surface area contributed by atoms with Crippen molar-refractivity contribution in [2.75, 3.05) is 13.6 Å².